The molecule has 15 heavy (non-hydrogen) atoms. The zero-order valence-corrected chi connectivity index (χ0v) is 8.94. The maximum Gasteiger partial charge on any atom is 0.0715 e. The molecular weight excluding hydrogens is 188 g/mol. The van der Waals surface area contributed by atoms with Crippen molar-refractivity contribution in [2.75, 3.05) is 0 Å². The Balaban J connectivity index is 2.50. The smallest absolute Gasteiger partial charge is 0.0715 e. The normalized spacial score (nSPS) is 10.6. The summed E-state index contributed by atoms with van der Waals surface area (Å²) in [7, 11) is 0. The summed E-state index contributed by atoms with van der Waals surface area (Å²) in [5, 5.41) is 13.5. The van der Waals surface area contributed by atoms with Crippen LogP contribution in [0.3, 0.4) is 0 Å². The van der Waals surface area contributed by atoms with E-state index in [4.69, 9.17) is 5.11 Å². The minimum absolute atomic E-state index is 0.0394. The average Bonchev–Trinajstić information content (AvgIpc) is 2.60. The lowest BCUT2D eigenvalue weighted by atomic mass is 10.2. The number of aliphatic hydroxyl groups is 1. The molecule has 3 nitrogen and oxygen atoms in total. The molecule has 0 fully saturated rings. The molecule has 0 amide bonds. The van der Waals surface area contributed by atoms with Gasteiger partial charge in [0.15, 0.2) is 0 Å². The highest BCUT2D eigenvalue weighted by molar-refractivity contribution is 5.40. The molecule has 1 aromatic heterocycles. The fraction of sp³-hybridized carbons (Fsp3) is 0.250. The molecule has 0 unspecified atom stereocenters. The van der Waals surface area contributed by atoms with Crippen LogP contribution in [0.1, 0.15) is 16.8 Å². The molecule has 0 aliphatic heterocycles. The van der Waals surface area contributed by atoms with E-state index in [1.807, 2.05) is 49.0 Å². The molecule has 2 aromatic rings. The molecule has 0 aliphatic carbocycles. The van der Waals surface area contributed by atoms with Gasteiger partial charge in [0, 0.05) is 11.8 Å². The number of aryl methyl sites for hydroxylation is 2. The third kappa shape index (κ3) is 1.78. The molecule has 2 rings (SSSR count). The minimum atomic E-state index is 0.0394. The van der Waals surface area contributed by atoms with E-state index in [0.29, 0.717) is 0 Å². The van der Waals surface area contributed by atoms with Gasteiger partial charge in [-0.05, 0) is 25.5 Å². The summed E-state index contributed by atoms with van der Waals surface area (Å²) in [6, 6.07) is 8.05. The molecule has 1 N–H and O–H groups in total. The van der Waals surface area contributed by atoms with E-state index in [1.54, 1.807) is 0 Å². The van der Waals surface area contributed by atoms with Crippen LogP contribution in [-0.2, 0) is 6.61 Å². The third-order valence-corrected chi connectivity index (χ3v) is 2.53. The molecule has 0 saturated carbocycles. The van der Waals surface area contributed by atoms with E-state index < -0.39 is 0 Å². The lowest BCUT2D eigenvalue weighted by Crippen LogP contribution is -1.97. The van der Waals surface area contributed by atoms with Gasteiger partial charge < -0.3 is 5.11 Å². The Labute approximate surface area is 89.0 Å². The van der Waals surface area contributed by atoms with Gasteiger partial charge in [0.2, 0.25) is 0 Å². The van der Waals surface area contributed by atoms with Crippen LogP contribution in [0.4, 0.5) is 0 Å². The highest BCUT2D eigenvalue weighted by atomic mass is 16.3. The summed E-state index contributed by atoms with van der Waals surface area (Å²) in [6.07, 6.45) is 1.87. The van der Waals surface area contributed by atoms with Crippen LogP contribution in [-0.4, -0.2) is 14.9 Å². The number of hydrogen-bond acceptors (Lipinski definition) is 2. The van der Waals surface area contributed by atoms with Gasteiger partial charge in [-0.25, -0.2) is 4.68 Å². The molecule has 1 aromatic carbocycles. The SMILES string of the molecule is Cc1ccccc1-n1cc(CO)c(C)n1. The summed E-state index contributed by atoms with van der Waals surface area (Å²) >= 11 is 0. The fourth-order valence-corrected chi connectivity index (χ4v) is 1.59. The highest BCUT2D eigenvalue weighted by Crippen LogP contribution is 2.15. The van der Waals surface area contributed by atoms with E-state index in [2.05, 4.69) is 5.10 Å². The molecule has 0 saturated heterocycles. The van der Waals surface area contributed by atoms with Crippen molar-refractivity contribution in [2.45, 2.75) is 20.5 Å². The van der Waals surface area contributed by atoms with Gasteiger partial charge in [-0.2, -0.15) is 5.10 Å². The van der Waals surface area contributed by atoms with Crippen molar-refractivity contribution in [3.8, 4) is 5.69 Å². The van der Waals surface area contributed by atoms with E-state index in [0.717, 1.165) is 16.9 Å². The quantitative estimate of drug-likeness (QED) is 0.808. The zero-order valence-electron chi connectivity index (χ0n) is 8.94. The van der Waals surface area contributed by atoms with Crippen LogP contribution in [0.25, 0.3) is 5.69 Å². The molecule has 1 heterocycles. The monoisotopic (exact) mass is 202 g/mol. The van der Waals surface area contributed by atoms with Crippen molar-refractivity contribution >= 4 is 0 Å². The van der Waals surface area contributed by atoms with Crippen LogP contribution in [0, 0.1) is 13.8 Å². The lowest BCUT2D eigenvalue weighted by molar-refractivity contribution is 0.281. The van der Waals surface area contributed by atoms with Crippen molar-refractivity contribution in [3.63, 3.8) is 0 Å². The van der Waals surface area contributed by atoms with Crippen LogP contribution in [0.5, 0.6) is 0 Å². The van der Waals surface area contributed by atoms with E-state index in [1.165, 1.54) is 5.56 Å². The first kappa shape index (κ1) is 9.93. The van der Waals surface area contributed by atoms with Crippen molar-refractivity contribution in [1.29, 1.82) is 0 Å². The summed E-state index contributed by atoms with van der Waals surface area (Å²) in [4.78, 5) is 0. The zero-order chi connectivity index (χ0) is 10.8. The number of nitrogens with zero attached hydrogens (tertiary/aromatic N) is 2. The Morgan fingerprint density at radius 3 is 2.60 bits per heavy atom. The molecule has 0 bridgehead atoms. The lowest BCUT2D eigenvalue weighted by Gasteiger charge is -2.04. The van der Waals surface area contributed by atoms with E-state index >= 15 is 0 Å². The number of aromatic nitrogens is 2. The first-order chi connectivity index (χ1) is 7.22. The molecule has 78 valence electrons. The number of rotatable bonds is 2. The topological polar surface area (TPSA) is 38.0 Å². The minimum Gasteiger partial charge on any atom is -0.392 e. The first-order valence-corrected chi connectivity index (χ1v) is 4.94. The Morgan fingerprint density at radius 2 is 2.00 bits per heavy atom. The number of benzene rings is 1. The molecule has 0 aliphatic rings. The standard InChI is InChI=1S/C12H14N2O/c1-9-5-3-4-6-12(9)14-7-11(8-15)10(2)13-14/h3-7,15H,8H2,1-2H3. The van der Waals surface area contributed by atoms with Gasteiger partial charge >= 0.3 is 0 Å². The van der Waals surface area contributed by atoms with Gasteiger partial charge in [0.25, 0.3) is 0 Å². The molecule has 0 radical (unpaired) electrons. The first-order valence-electron chi connectivity index (χ1n) is 4.94. The summed E-state index contributed by atoms with van der Waals surface area (Å²) < 4.78 is 1.82. The fourth-order valence-electron chi connectivity index (χ4n) is 1.59. The molecule has 0 spiro atoms. The Morgan fingerprint density at radius 1 is 1.27 bits per heavy atom. The number of aliphatic hydroxyl groups excluding tert-OH is 1. The third-order valence-electron chi connectivity index (χ3n) is 2.53. The molecular formula is C12H14N2O. The second kappa shape index (κ2) is 3.87. The molecule has 3 heteroatoms. The second-order valence-corrected chi connectivity index (χ2v) is 3.63. The summed E-state index contributed by atoms with van der Waals surface area (Å²) in [6.45, 7) is 3.99. The van der Waals surface area contributed by atoms with Crippen LogP contribution >= 0.6 is 0 Å². The Kier molecular flexibility index (Phi) is 2.56. The van der Waals surface area contributed by atoms with Gasteiger partial charge in [0.1, 0.15) is 0 Å². The van der Waals surface area contributed by atoms with Crippen LogP contribution in [0.2, 0.25) is 0 Å². The Bertz CT molecular complexity index is 474. The van der Waals surface area contributed by atoms with Crippen LogP contribution < -0.4 is 0 Å². The predicted octanol–water partition coefficient (Wildman–Crippen LogP) is 1.98. The summed E-state index contributed by atoms with van der Waals surface area (Å²) in [5.41, 5.74) is 3.98. The summed E-state index contributed by atoms with van der Waals surface area (Å²) in [5.74, 6) is 0. The van der Waals surface area contributed by atoms with Crippen molar-refractivity contribution < 1.29 is 5.11 Å². The van der Waals surface area contributed by atoms with Crippen LogP contribution in [0.15, 0.2) is 30.5 Å². The van der Waals surface area contributed by atoms with E-state index in [-0.39, 0.29) is 6.61 Å². The van der Waals surface area contributed by atoms with Crippen molar-refractivity contribution in [3.05, 3.63) is 47.3 Å². The largest absolute Gasteiger partial charge is 0.392 e. The predicted molar refractivity (Wildman–Crippen MR) is 59.0 cm³/mol. The highest BCUT2D eigenvalue weighted by Gasteiger charge is 2.06. The maximum absolute atomic E-state index is 9.09. The average molecular weight is 202 g/mol. The maximum atomic E-state index is 9.09. The van der Waals surface area contributed by atoms with Crippen molar-refractivity contribution in [1.82, 2.24) is 9.78 Å². The van der Waals surface area contributed by atoms with E-state index in [9.17, 15) is 0 Å². The Hall–Kier alpha value is -1.61. The number of hydrogen-bond donors (Lipinski definition) is 1. The van der Waals surface area contributed by atoms with Crippen molar-refractivity contribution in [2.24, 2.45) is 0 Å². The van der Waals surface area contributed by atoms with Gasteiger partial charge in [-0.15, -0.1) is 0 Å². The van der Waals surface area contributed by atoms with Gasteiger partial charge in [0.05, 0.1) is 18.0 Å². The molecule has 0 atom stereocenters. The van der Waals surface area contributed by atoms with Gasteiger partial charge in [-0.3, -0.25) is 0 Å². The number of para-hydroxylation sites is 1. The van der Waals surface area contributed by atoms with Gasteiger partial charge in [-0.1, -0.05) is 18.2 Å². The second-order valence-electron chi connectivity index (χ2n) is 3.63.